The summed E-state index contributed by atoms with van der Waals surface area (Å²) in [5.74, 6) is 0.852. The van der Waals surface area contributed by atoms with Crippen molar-refractivity contribution < 1.29 is 19.1 Å². The van der Waals surface area contributed by atoms with Crippen LogP contribution in [-0.2, 0) is 0 Å². The number of fused-ring (bicyclic) bond motifs is 1. The minimum Gasteiger partial charge on any atom is -0.486 e. The number of rotatable bonds is 5. The number of carbonyl (C=O) groups is 2. The van der Waals surface area contributed by atoms with Crippen molar-refractivity contribution in [2.24, 2.45) is 11.7 Å². The second kappa shape index (κ2) is 7.47. The van der Waals surface area contributed by atoms with Gasteiger partial charge in [0.2, 0.25) is 5.91 Å². The van der Waals surface area contributed by atoms with E-state index in [-0.39, 0.29) is 17.9 Å². The molecular formula is C20H22N2O4. The number of carbonyl (C=O) groups excluding carboxylic acids is 2. The Morgan fingerprint density at radius 1 is 0.962 bits per heavy atom. The average molecular weight is 354 g/mol. The Bertz CT molecular complexity index is 815. The summed E-state index contributed by atoms with van der Waals surface area (Å²) in [4.78, 5) is 23.8. The van der Waals surface area contributed by atoms with Gasteiger partial charge in [-0.3, -0.25) is 9.59 Å². The van der Waals surface area contributed by atoms with Crippen molar-refractivity contribution in [3.05, 3.63) is 59.2 Å². The Morgan fingerprint density at radius 2 is 1.58 bits per heavy atom. The second-order valence-electron chi connectivity index (χ2n) is 6.54. The summed E-state index contributed by atoms with van der Waals surface area (Å²) in [7, 11) is 0. The molecule has 0 radical (unpaired) electrons. The molecule has 3 rings (SSSR count). The van der Waals surface area contributed by atoms with Crippen LogP contribution < -0.4 is 20.5 Å². The molecular weight excluding hydrogens is 332 g/mol. The minimum absolute atomic E-state index is 0.173. The van der Waals surface area contributed by atoms with Gasteiger partial charge in [-0.15, -0.1) is 0 Å². The Kier molecular flexibility index (Phi) is 5.11. The molecule has 0 aromatic heterocycles. The highest BCUT2D eigenvalue weighted by atomic mass is 16.6. The van der Waals surface area contributed by atoms with E-state index in [1.54, 1.807) is 24.3 Å². The smallest absolute Gasteiger partial charge is 0.251 e. The van der Waals surface area contributed by atoms with Crippen LogP contribution in [-0.4, -0.2) is 25.0 Å². The minimum atomic E-state index is -0.520. The molecule has 0 fully saturated rings. The lowest BCUT2D eigenvalue weighted by atomic mass is 9.95. The largest absolute Gasteiger partial charge is 0.486 e. The van der Waals surface area contributed by atoms with Crippen molar-refractivity contribution in [3.8, 4) is 11.5 Å². The van der Waals surface area contributed by atoms with Crippen LogP contribution in [0, 0.1) is 5.92 Å². The zero-order valence-electron chi connectivity index (χ0n) is 14.8. The Labute approximate surface area is 152 Å². The monoisotopic (exact) mass is 354 g/mol. The van der Waals surface area contributed by atoms with Crippen LogP contribution in [0.25, 0.3) is 0 Å². The molecule has 2 aromatic carbocycles. The van der Waals surface area contributed by atoms with Crippen molar-refractivity contribution in [1.29, 1.82) is 0 Å². The second-order valence-corrected chi connectivity index (χ2v) is 6.54. The SMILES string of the molecule is CC(C)[C@H](NC(=O)c1ccc(C(N)=O)cc1)c1ccc2c(c1)OCCO2. The van der Waals surface area contributed by atoms with Gasteiger partial charge in [0.25, 0.3) is 5.91 Å². The normalized spacial score (nSPS) is 14.0. The van der Waals surface area contributed by atoms with Crippen molar-refractivity contribution in [3.63, 3.8) is 0 Å². The molecule has 0 saturated heterocycles. The van der Waals surface area contributed by atoms with E-state index in [0.717, 1.165) is 11.3 Å². The molecule has 1 heterocycles. The van der Waals surface area contributed by atoms with Gasteiger partial charge in [0.1, 0.15) is 13.2 Å². The van der Waals surface area contributed by atoms with Crippen LogP contribution in [0.3, 0.4) is 0 Å². The molecule has 26 heavy (non-hydrogen) atoms. The lowest BCUT2D eigenvalue weighted by Crippen LogP contribution is -2.32. The molecule has 0 aliphatic carbocycles. The van der Waals surface area contributed by atoms with E-state index in [9.17, 15) is 9.59 Å². The fourth-order valence-corrected chi connectivity index (χ4v) is 2.90. The van der Waals surface area contributed by atoms with Crippen molar-refractivity contribution in [2.75, 3.05) is 13.2 Å². The van der Waals surface area contributed by atoms with Crippen LogP contribution >= 0.6 is 0 Å². The summed E-state index contributed by atoms with van der Waals surface area (Å²) in [6.07, 6.45) is 0. The Morgan fingerprint density at radius 3 is 2.19 bits per heavy atom. The molecule has 0 saturated carbocycles. The van der Waals surface area contributed by atoms with Gasteiger partial charge in [-0.05, 0) is 47.9 Å². The number of primary amides is 1. The number of hydrogen-bond acceptors (Lipinski definition) is 4. The molecule has 0 bridgehead atoms. The highest BCUT2D eigenvalue weighted by Gasteiger charge is 2.22. The van der Waals surface area contributed by atoms with Gasteiger partial charge in [-0.25, -0.2) is 0 Å². The van der Waals surface area contributed by atoms with E-state index < -0.39 is 5.91 Å². The first-order valence-corrected chi connectivity index (χ1v) is 8.56. The number of nitrogens with two attached hydrogens (primary N) is 1. The van der Waals surface area contributed by atoms with E-state index >= 15 is 0 Å². The molecule has 6 nitrogen and oxygen atoms in total. The van der Waals surface area contributed by atoms with Crippen LogP contribution in [0.1, 0.15) is 46.2 Å². The maximum Gasteiger partial charge on any atom is 0.251 e. The first-order chi connectivity index (χ1) is 12.5. The van der Waals surface area contributed by atoms with Gasteiger partial charge in [-0.2, -0.15) is 0 Å². The third-order valence-electron chi connectivity index (χ3n) is 4.31. The van der Waals surface area contributed by atoms with Crippen LogP contribution in [0.4, 0.5) is 0 Å². The van der Waals surface area contributed by atoms with Crippen LogP contribution in [0.2, 0.25) is 0 Å². The molecule has 2 aromatic rings. The Balaban J connectivity index is 1.80. The van der Waals surface area contributed by atoms with E-state index in [1.165, 1.54) is 0 Å². The number of nitrogens with one attached hydrogen (secondary N) is 1. The lowest BCUT2D eigenvalue weighted by molar-refractivity contribution is 0.0923. The van der Waals surface area contributed by atoms with Gasteiger partial charge < -0.3 is 20.5 Å². The van der Waals surface area contributed by atoms with E-state index in [1.807, 2.05) is 32.0 Å². The highest BCUT2D eigenvalue weighted by molar-refractivity contribution is 5.97. The molecule has 2 amide bonds. The summed E-state index contributed by atoms with van der Waals surface area (Å²) in [6.45, 7) is 5.13. The van der Waals surface area contributed by atoms with Crippen molar-refractivity contribution in [1.82, 2.24) is 5.32 Å². The average Bonchev–Trinajstić information content (AvgIpc) is 2.65. The van der Waals surface area contributed by atoms with Crippen LogP contribution in [0.5, 0.6) is 11.5 Å². The molecule has 0 spiro atoms. The number of hydrogen-bond donors (Lipinski definition) is 2. The fraction of sp³-hybridized carbons (Fsp3) is 0.300. The zero-order valence-corrected chi connectivity index (χ0v) is 14.8. The summed E-state index contributed by atoms with van der Waals surface area (Å²) in [5.41, 5.74) is 7.02. The first kappa shape index (κ1) is 17.8. The number of benzene rings is 2. The molecule has 1 aliphatic rings. The quantitative estimate of drug-likeness (QED) is 0.864. The van der Waals surface area contributed by atoms with Crippen molar-refractivity contribution >= 4 is 11.8 Å². The zero-order chi connectivity index (χ0) is 18.7. The molecule has 1 atom stereocenters. The molecule has 3 N–H and O–H groups in total. The fourth-order valence-electron chi connectivity index (χ4n) is 2.90. The standard InChI is InChI=1S/C20H22N2O4/c1-12(2)18(15-7-8-16-17(11-15)26-10-9-25-16)22-20(24)14-5-3-13(4-6-14)19(21)23/h3-8,11-12,18H,9-10H2,1-2H3,(H2,21,23)(H,22,24)/t18-/m0/s1. The number of amides is 2. The molecule has 6 heteroatoms. The maximum atomic E-state index is 12.6. The third-order valence-corrected chi connectivity index (χ3v) is 4.31. The summed E-state index contributed by atoms with van der Waals surface area (Å²) < 4.78 is 11.2. The predicted octanol–water partition coefficient (Wildman–Crippen LogP) is 2.68. The summed E-state index contributed by atoms with van der Waals surface area (Å²) in [6, 6.07) is 11.8. The van der Waals surface area contributed by atoms with Gasteiger partial charge in [0.05, 0.1) is 6.04 Å². The summed E-state index contributed by atoms with van der Waals surface area (Å²) in [5, 5.41) is 3.05. The number of ether oxygens (including phenoxy) is 2. The van der Waals surface area contributed by atoms with E-state index in [4.69, 9.17) is 15.2 Å². The molecule has 0 unspecified atom stereocenters. The summed E-state index contributed by atoms with van der Waals surface area (Å²) >= 11 is 0. The van der Waals surface area contributed by atoms with E-state index in [2.05, 4.69) is 5.32 Å². The predicted molar refractivity (Wildman–Crippen MR) is 97.4 cm³/mol. The lowest BCUT2D eigenvalue weighted by Gasteiger charge is -2.25. The highest BCUT2D eigenvalue weighted by Crippen LogP contribution is 2.34. The molecule has 136 valence electrons. The molecule has 1 aliphatic heterocycles. The topological polar surface area (TPSA) is 90.7 Å². The van der Waals surface area contributed by atoms with Gasteiger partial charge in [-0.1, -0.05) is 19.9 Å². The van der Waals surface area contributed by atoms with Gasteiger partial charge in [0, 0.05) is 11.1 Å². The maximum absolute atomic E-state index is 12.6. The first-order valence-electron chi connectivity index (χ1n) is 8.56. The van der Waals surface area contributed by atoms with Gasteiger partial charge in [0.15, 0.2) is 11.5 Å². The Hall–Kier alpha value is -3.02. The van der Waals surface area contributed by atoms with Gasteiger partial charge >= 0.3 is 0 Å². The van der Waals surface area contributed by atoms with Crippen molar-refractivity contribution in [2.45, 2.75) is 19.9 Å². The van der Waals surface area contributed by atoms with E-state index in [0.29, 0.717) is 30.1 Å². The third kappa shape index (κ3) is 3.79. The van der Waals surface area contributed by atoms with Crippen LogP contribution in [0.15, 0.2) is 42.5 Å².